The maximum Gasteiger partial charge on any atom is 0.224 e. The zero-order valence-corrected chi connectivity index (χ0v) is 21.2. The Morgan fingerprint density at radius 1 is 1.14 bits per heavy atom. The number of rotatable bonds is 9. The lowest BCUT2D eigenvalue weighted by atomic mass is 10.0. The lowest BCUT2D eigenvalue weighted by molar-refractivity contribution is -0.124. The number of carbonyl (C=O) groups excluding carboxylic acids is 2. The van der Waals surface area contributed by atoms with Crippen molar-refractivity contribution < 1.29 is 9.59 Å². The van der Waals surface area contributed by atoms with E-state index in [-0.39, 0.29) is 28.9 Å². The summed E-state index contributed by atoms with van der Waals surface area (Å²) in [6.45, 7) is 4.67. The van der Waals surface area contributed by atoms with Crippen LogP contribution >= 0.6 is 11.6 Å². The first-order valence-electron chi connectivity index (χ1n) is 12.0. The third-order valence-electron chi connectivity index (χ3n) is 6.30. The number of aryl methyl sites for hydroxylation is 1. The topological polar surface area (TPSA) is 103 Å². The van der Waals surface area contributed by atoms with Crippen molar-refractivity contribution in [1.82, 2.24) is 20.0 Å². The van der Waals surface area contributed by atoms with E-state index in [2.05, 4.69) is 26.7 Å². The van der Waals surface area contributed by atoms with Gasteiger partial charge in [0.2, 0.25) is 11.7 Å². The normalized spacial score (nSPS) is 15.4. The highest BCUT2D eigenvalue weighted by Gasteiger charge is 2.26. The SMILES string of the molecule is Cc1ccc(C(=O)c2nn(-c3ccc(Cl)cc3)c(NCCCNC(=O)C3CCN(C)C3)c2C#N)cc1. The monoisotopic (exact) mass is 504 g/mol. The second-order valence-corrected chi connectivity index (χ2v) is 9.52. The molecule has 0 saturated carbocycles. The lowest BCUT2D eigenvalue weighted by Gasteiger charge is -2.13. The van der Waals surface area contributed by atoms with Crippen LogP contribution in [0.25, 0.3) is 5.69 Å². The molecule has 36 heavy (non-hydrogen) atoms. The van der Waals surface area contributed by atoms with Gasteiger partial charge in [-0.15, -0.1) is 0 Å². The maximum atomic E-state index is 13.3. The van der Waals surface area contributed by atoms with Crippen LogP contribution in [-0.4, -0.2) is 59.6 Å². The van der Waals surface area contributed by atoms with Gasteiger partial charge in [-0.1, -0.05) is 41.4 Å². The summed E-state index contributed by atoms with van der Waals surface area (Å²) >= 11 is 6.06. The molecule has 1 unspecified atom stereocenters. The molecule has 186 valence electrons. The van der Waals surface area contributed by atoms with Crippen LogP contribution in [0.3, 0.4) is 0 Å². The minimum absolute atomic E-state index is 0.0369. The fraction of sp³-hybridized carbons (Fsp3) is 0.333. The standard InChI is InChI=1S/C27H29ClN6O2/c1-18-4-6-19(7-5-18)25(35)24-23(16-29)26(34(32-24)22-10-8-21(28)9-11-22)30-13-3-14-31-27(36)20-12-15-33(2)17-20/h4-11,20,30H,3,12-15,17H2,1-2H3,(H,31,36). The number of benzene rings is 2. The first-order valence-corrected chi connectivity index (χ1v) is 12.4. The number of likely N-dealkylation sites (tertiary alicyclic amines) is 1. The fourth-order valence-electron chi connectivity index (χ4n) is 4.26. The summed E-state index contributed by atoms with van der Waals surface area (Å²) < 4.78 is 1.56. The van der Waals surface area contributed by atoms with Gasteiger partial charge < -0.3 is 15.5 Å². The molecule has 0 bridgehead atoms. The number of nitrogens with zero attached hydrogens (tertiary/aromatic N) is 4. The van der Waals surface area contributed by atoms with Gasteiger partial charge in [0.25, 0.3) is 0 Å². The Balaban J connectivity index is 1.52. The molecule has 1 aliphatic heterocycles. The van der Waals surface area contributed by atoms with Crippen LogP contribution in [0.15, 0.2) is 48.5 Å². The molecule has 1 aromatic heterocycles. The van der Waals surface area contributed by atoms with Gasteiger partial charge in [0.1, 0.15) is 17.5 Å². The molecule has 4 rings (SSSR count). The highest BCUT2D eigenvalue weighted by Crippen LogP contribution is 2.26. The van der Waals surface area contributed by atoms with Gasteiger partial charge in [0.05, 0.1) is 11.6 Å². The molecule has 2 N–H and O–H groups in total. The molecule has 0 aliphatic carbocycles. The first kappa shape index (κ1) is 25.4. The number of amides is 1. The van der Waals surface area contributed by atoms with Gasteiger partial charge in [-0.25, -0.2) is 4.68 Å². The Kier molecular flexibility index (Phi) is 8.04. The highest BCUT2D eigenvalue weighted by atomic mass is 35.5. The molecule has 1 saturated heterocycles. The maximum absolute atomic E-state index is 13.3. The number of hydrogen-bond donors (Lipinski definition) is 2. The molecule has 9 heteroatoms. The quantitative estimate of drug-likeness (QED) is 0.339. The van der Waals surface area contributed by atoms with Crippen molar-refractivity contribution in [3.05, 3.63) is 75.9 Å². The van der Waals surface area contributed by atoms with Crippen LogP contribution in [0.4, 0.5) is 5.82 Å². The second kappa shape index (κ2) is 11.4. The molecule has 2 aromatic carbocycles. The van der Waals surface area contributed by atoms with E-state index in [0.29, 0.717) is 41.6 Å². The average Bonchev–Trinajstić information content (AvgIpc) is 3.48. The summed E-state index contributed by atoms with van der Waals surface area (Å²) in [5.41, 5.74) is 2.42. The zero-order valence-electron chi connectivity index (χ0n) is 20.4. The van der Waals surface area contributed by atoms with E-state index in [1.807, 2.05) is 26.1 Å². The predicted molar refractivity (Wildman–Crippen MR) is 140 cm³/mol. The smallest absolute Gasteiger partial charge is 0.224 e. The van der Waals surface area contributed by atoms with Crippen LogP contribution in [0.2, 0.25) is 5.02 Å². The highest BCUT2D eigenvalue weighted by molar-refractivity contribution is 6.30. The number of nitriles is 1. The number of halogens is 1. The van der Waals surface area contributed by atoms with Crippen LogP contribution < -0.4 is 10.6 Å². The Bertz CT molecular complexity index is 1280. The minimum Gasteiger partial charge on any atom is -0.369 e. The zero-order chi connectivity index (χ0) is 25.7. The van der Waals surface area contributed by atoms with Crippen molar-refractivity contribution in [2.45, 2.75) is 19.8 Å². The summed E-state index contributed by atoms with van der Waals surface area (Å²) in [5.74, 6) is 0.221. The van der Waals surface area contributed by atoms with E-state index in [9.17, 15) is 14.9 Å². The number of nitrogens with one attached hydrogen (secondary N) is 2. The number of ketones is 1. The van der Waals surface area contributed by atoms with E-state index in [0.717, 1.165) is 25.1 Å². The fourth-order valence-corrected chi connectivity index (χ4v) is 4.38. The van der Waals surface area contributed by atoms with Crippen molar-refractivity contribution in [2.75, 3.05) is 38.5 Å². The molecule has 0 spiro atoms. The minimum atomic E-state index is -0.323. The van der Waals surface area contributed by atoms with Crippen LogP contribution in [0.5, 0.6) is 0 Å². The van der Waals surface area contributed by atoms with Crippen molar-refractivity contribution in [2.24, 2.45) is 5.92 Å². The van der Waals surface area contributed by atoms with Gasteiger partial charge in [0, 0.05) is 30.2 Å². The average molecular weight is 505 g/mol. The Morgan fingerprint density at radius 2 is 1.86 bits per heavy atom. The summed E-state index contributed by atoms with van der Waals surface area (Å²) in [5, 5.41) is 21.4. The summed E-state index contributed by atoms with van der Waals surface area (Å²) in [6, 6.07) is 16.3. The number of carbonyl (C=O) groups is 2. The number of anilines is 1. The van der Waals surface area contributed by atoms with E-state index in [1.54, 1.807) is 41.1 Å². The molecular formula is C27H29ClN6O2. The van der Waals surface area contributed by atoms with Crippen LogP contribution in [-0.2, 0) is 4.79 Å². The second-order valence-electron chi connectivity index (χ2n) is 9.09. The molecule has 1 fully saturated rings. The van der Waals surface area contributed by atoms with Crippen molar-refractivity contribution in [3.8, 4) is 11.8 Å². The van der Waals surface area contributed by atoms with Gasteiger partial charge in [0.15, 0.2) is 5.69 Å². The molecule has 1 amide bonds. The molecule has 8 nitrogen and oxygen atoms in total. The van der Waals surface area contributed by atoms with Gasteiger partial charge >= 0.3 is 0 Å². The van der Waals surface area contributed by atoms with Crippen molar-refractivity contribution in [1.29, 1.82) is 5.26 Å². The molecule has 3 aromatic rings. The molecule has 0 radical (unpaired) electrons. The van der Waals surface area contributed by atoms with Crippen molar-refractivity contribution in [3.63, 3.8) is 0 Å². The van der Waals surface area contributed by atoms with Gasteiger partial charge in [-0.2, -0.15) is 10.4 Å². The summed E-state index contributed by atoms with van der Waals surface area (Å²) in [4.78, 5) is 27.8. The van der Waals surface area contributed by atoms with E-state index in [4.69, 9.17) is 11.6 Å². The van der Waals surface area contributed by atoms with E-state index in [1.165, 1.54) is 0 Å². The molecule has 1 aliphatic rings. The predicted octanol–water partition coefficient (Wildman–Crippen LogP) is 3.81. The first-order chi connectivity index (χ1) is 17.4. The molecule has 1 atom stereocenters. The van der Waals surface area contributed by atoms with Crippen LogP contribution in [0, 0.1) is 24.2 Å². The molecular weight excluding hydrogens is 476 g/mol. The van der Waals surface area contributed by atoms with Crippen LogP contribution in [0.1, 0.15) is 40.0 Å². The van der Waals surface area contributed by atoms with Crippen molar-refractivity contribution >= 4 is 29.1 Å². The van der Waals surface area contributed by atoms with E-state index < -0.39 is 0 Å². The third kappa shape index (κ3) is 5.76. The largest absolute Gasteiger partial charge is 0.369 e. The van der Waals surface area contributed by atoms with Gasteiger partial charge in [-0.05, 0) is 57.6 Å². The Morgan fingerprint density at radius 3 is 2.50 bits per heavy atom. The van der Waals surface area contributed by atoms with E-state index >= 15 is 0 Å². The van der Waals surface area contributed by atoms with Gasteiger partial charge in [-0.3, -0.25) is 9.59 Å². The third-order valence-corrected chi connectivity index (χ3v) is 6.56. The number of aromatic nitrogens is 2. The molecule has 2 heterocycles. The number of hydrogen-bond acceptors (Lipinski definition) is 6. The Labute approximate surface area is 215 Å². The summed E-state index contributed by atoms with van der Waals surface area (Å²) in [6.07, 6.45) is 1.52. The Hall–Kier alpha value is -3.67. The lowest BCUT2D eigenvalue weighted by Crippen LogP contribution is -2.33. The summed E-state index contributed by atoms with van der Waals surface area (Å²) in [7, 11) is 2.02.